The number of hydrogen-bond donors (Lipinski definition) is 1. The van der Waals surface area contributed by atoms with Crippen LogP contribution in [0.3, 0.4) is 0 Å². The number of rotatable bonds is 3. The first-order chi connectivity index (χ1) is 5.75. The quantitative estimate of drug-likeness (QED) is 0.666. The van der Waals surface area contributed by atoms with Crippen LogP contribution in [0, 0.1) is 12.8 Å². The second kappa shape index (κ2) is 4.58. The Morgan fingerprint density at radius 1 is 1.83 bits per heavy atom. The van der Waals surface area contributed by atoms with Crippen molar-refractivity contribution in [2.75, 3.05) is 19.8 Å². The van der Waals surface area contributed by atoms with Crippen molar-refractivity contribution < 1.29 is 9.53 Å². The number of nitrogens with one attached hydrogen (secondary N) is 1. The number of carbonyl (C=O) groups is 1. The molecule has 0 spiro atoms. The van der Waals surface area contributed by atoms with Crippen LogP contribution in [0.25, 0.3) is 0 Å². The summed E-state index contributed by atoms with van der Waals surface area (Å²) >= 11 is 0. The van der Waals surface area contributed by atoms with Gasteiger partial charge in [-0.1, -0.05) is 13.8 Å². The van der Waals surface area contributed by atoms with Gasteiger partial charge < -0.3 is 10.1 Å². The fraction of sp³-hybridized carbons (Fsp3) is 0.778. The lowest BCUT2D eigenvalue weighted by Gasteiger charge is -2.24. The van der Waals surface area contributed by atoms with Gasteiger partial charge in [-0.25, -0.2) is 0 Å². The largest absolute Gasteiger partial charge is 0.378 e. The summed E-state index contributed by atoms with van der Waals surface area (Å²) in [5, 5.41) is 3.13. The molecule has 3 nitrogen and oxygen atoms in total. The monoisotopic (exact) mass is 170 g/mol. The van der Waals surface area contributed by atoms with E-state index in [1.165, 1.54) is 0 Å². The van der Waals surface area contributed by atoms with Crippen LogP contribution in [-0.2, 0) is 9.53 Å². The Balaban J connectivity index is 2.39. The number of morpholine rings is 1. The van der Waals surface area contributed by atoms with Gasteiger partial charge in [0.2, 0.25) is 0 Å². The molecule has 1 aliphatic heterocycles. The molecule has 69 valence electrons. The summed E-state index contributed by atoms with van der Waals surface area (Å²) in [6.07, 6.45) is 0.664. The first kappa shape index (κ1) is 9.68. The highest BCUT2D eigenvalue weighted by Crippen LogP contribution is 2.07. The van der Waals surface area contributed by atoms with E-state index in [0.29, 0.717) is 19.6 Å². The average Bonchev–Trinajstić information content (AvgIpc) is 2.17. The molecule has 1 fully saturated rings. The zero-order chi connectivity index (χ0) is 8.97. The minimum absolute atomic E-state index is 0.0456. The number of ether oxygens (including phenoxy) is 1. The van der Waals surface area contributed by atoms with Crippen LogP contribution in [0.2, 0.25) is 0 Å². The minimum Gasteiger partial charge on any atom is -0.378 e. The molecule has 1 radical (unpaired) electrons. The Morgan fingerprint density at radius 3 is 3.08 bits per heavy atom. The maximum atomic E-state index is 11.5. The molecule has 3 heteroatoms. The summed E-state index contributed by atoms with van der Waals surface area (Å²) in [6, 6.07) is -0.101. The van der Waals surface area contributed by atoms with Crippen molar-refractivity contribution >= 4 is 5.78 Å². The lowest BCUT2D eigenvalue weighted by molar-refractivity contribution is -0.127. The van der Waals surface area contributed by atoms with E-state index in [1.54, 1.807) is 0 Å². The summed E-state index contributed by atoms with van der Waals surface area (Å²) in [5.74, 6) is 0.272. The molecule has 0 saturated carbocycles. The molecular weight excluding hydrogens is 154 g/mol. The van der Waals surface area contributed by atoms with E-state index in [1.807, 2.05) is 6.92 Å². The third kappa shape index (κ3) is 2.29. The molecule has 2 unspecified atom stereocenters. The van der Waals surface area contributed by atoms with Gasteiger partial charge >= 0.3 is 0 Å². The molecule has 0 aliphatic carbocycles. The van der Waals surface area contributed by atoms with Gasteiger partial charge in [-0.15, -0.1) is 0 Å². The van der Waals surface area contributed by atoms with E-state index in [0.717, 1.165) is 6.54 Å². The van der Waals surface area contributed by atoms with Crippen LogP contribution in [0.1, 0.15) is 13.3 Å². The van der Waals surface area contributed by atoms with Crippen LogP contribution in [0.5, 0.6) is 0 Å². The summed E-state index contributed by atoms with van der Waals surface area (Å²) in [5.41, 5.74) is 0. The number of Topliss-reactive ketones (excluding diaryl/α,β-unsaturated/α-hetero) is 1. The van der Waals surface area contributed by atoms with Crippen molar-refractivity contribution in [3.63, 3.8) is 0 Å². The predicted octanol–water partition coefficient (Wildman–Crippen LogP) is 0.404. The van der Waals surface area contributed by atoms with E-state index in [-0.39, 0.29) is 17.7 Å². The first-order valence-electron chi connectivity index (χ1n) is 4.39. The maximum absolute atomic E-state index is 11.5. The summed E-state index contributed by atoms with van der Waals surface area (Å²) in [4.78, 5) is 11.5. The second-order valence-electron chi connectivity index (χ2n) is 3.17. The molecule has 0 aromatic heterocycles. The van der Waals surface area contributed by atoms with Crippen molar-refractivity contribution in [3.05, 3.63) is 6.92 Å². The maximum Gasteiger partial charge on any atom is 0.154 e. The lowest BCUT2D eigenvalue weighted by Crippen LogP contribution is -2.48. The van der Waals surface area contributed by atoms with Crippen LogP contribution in [-0.4, -0.2) is 31.6 Å². The van der Waals surface area contributed by atoms with Gasteiger partial charge in [0.1, 0.15) is 0 Å². The Kier molecular flexibility index (Phi) is 3.69. The molecule has 1 saturated heterocycles. The molecule has 1 N–H and O–H groups in total. The molecule has 2 atom stereocenters. The van der Waals surface area contributed by atoms with E-state index in [2.05, 4.69) is 12.2 Å². The molecular formula is C9H16NO2. The van der Waals surface area contributed by atoms with Crippen molar-refractivity contribution in [1.82, 2.24) is 5.32 Å². The van der Waals surface area contributed by atoms with Crippen LogP contribution in [0.4, 0.5) is 0 Å². The standard InChI is InChI=1S/C9H16NO2/c1-3-7(2)9(11)8-6-12-5-4-10-8/h7-8,10H,1,3-6H2,2H3. The van der Waals surface area contributed by atoms with E-state index >= 15 is 0 Å². The van der Waals surface area contributed by atoms with Crippen molar-refractivity contribution in [2.24, 2.45) is 5.92 Å². The molecule has 1 rings (SSSR count). The van der Waals surface area contributed by atoms with Gasteiger partial charge in [-0.2, -0.15) is 0 Å². The Bertz CT molecular complexity index is 153. The Morgan fingerprint density at radius 2 is 2.58 bits per heavy atom. The normalized spacial score (nSPS) is 26.7. The highest BCUT2D eigenvalue weighted by atomic mass is 16.5. The van der Waals surface area contributed by atoms with E-state index in [4.69, 9.17) is 4.74 Å². The predicted molar refractivity (Wildman–Crippen MR) is 46.8 cm³/mol. The average molecular weight is 170 g/mol. The topological polar surface area (TPSA) is 38.3 Å². The molecule has 0 aromatic rings. The summed E-state index contributed by atoms with van der Waals surface area (Å²) < 4.78 is 5.19. The first-order valence-corrected chi connectivity index (χ1v) is 4.39. The number of ketones is 1. The van der Waals surface area contributed by atoms with Gasteiger partial charge in [0.15, 0.2) is 5.78 Å². The number of hydrogen-bond acceptors (Lipinski definition) is 3. The fourth-order valence-electron chi connectivity index (χ4n) is 1.23. The lowest BCUT2D eigenvalue weighted by atomic mass is 9.97. The fourth-order valence-corrected chi connectivity index (χ4v) is 1.23. The van der Waals surface area contributed by atoms with Gasteiger partial charge in [0, 0.05) is 12.5 Å². The van der Waals surface area contributed by atoms with Crippen molar-refractivity contribution in [1.29, 1.82) is 0 Å². The molecule has 0 aromatic carbocycles. The van der Waals surface area contributed by atoms with Crippen LogP contribution >= 0.6 is 0 Å². The highest BCUT2D eigenvalue weighted by molar-refractivity contribution is 5.86. The summed E-state index contributed by atoms with van der Waals surface area (Å²) in [6.45, 7) is 7.63. The van der Waals surface area contributed by atoms with Crippen LogP contribution in [0.15, 0.2) is 0 Å². The Labute approximate surface area is 73.5 Å². The highest BCUT2D eigenvalue weighted by Gasteiger charge is 2.24. The zero-order valence-corrected chi connectivity index (χ0v) is 7.51. The molecule has 12 heavy (non-hydrogen) atoms. The molecule has 0 amide bonds. The van der Waals surface area contributed by atoms with Crippen molar-refractivity contribution in [3.8, 4) is 0 Å². The Hall–Kier alpha value is -0.410. The van der Waals surface area contributed by atoms with E-state index < -0.39 is 0 Å². The SMILES string of the molecule is [CH2]CC(C)C(=O)C1COCCN1. The third-order valence-corrected chi connectivity index (χ3v) is 2.18. The second-order valence-corrected chi connectivity index (χ2v) is 3.17. The third-order valence-electron chi connectivity index (χ3n) is 2.18. The van der Waals surface area contributed by atoms with Crippen molar-refractivity contribution in [2.45, 2.75) is 19.4 Å². The summed E-state index contributed by atoms with van der Waals surface area (Å²) in [7, 11) is 0. The molecule has 1 heterocycles. The molecule has 1 aliphatic rings. The number of carbonyl (C=O) groups excluding carboxylic acids is 1. The molecule has 0 bridgehead atoms. The zero-order valence-electron chi connectivity index (χ0n) is 7.51. The van der Waals surface area contributed by atoms with Gasteiger partial charge in [0.25, 0.3) is 0 Å². The van der Waals surface area contributed by atoms with Gasteiger partial charge in [-0.3, -0.25) is 4.79 Å². The van der Waals surface area contributed by atoms with Crippen LogP contribution < -0.4 is 5.32 Å². The smallest absolute Gasteiger partial charge is 0.154 e. The van der Waals surface area contributed by atoms with Gasteiger partial charge in [0.05, 0.1) is 19.3 Å². The minimum atomic E-state index is -0.101. The van der Waals surface area contributed by atoms with Gasteiger partial charge in [-0.05, 0) is 6.42 Å². The van der Waals surface area contributed by atoms with E-state index in [9.17, 15) is 4.79 Å².